The highest BCUT2D eigenvalue weighted by Gasteiger charge is 2.28. The number of ether oxygens (including phenoxy) is 1. The Labute approximate surface area is 240 Å². The third-order valence-electron chi connectivity index (χ3n) is 5.64. The van der Waals surface area contributed by atoms with Gasteiger partial charge in [-0.25, -0.2) is 13.8 Å². The number of hydrogen-bond acceptors (Lipinski definition) is 9. The van der Waals surface area contributed by atoms with Gasteiger partial charge in [0, 0.05) is 12.1 Å². The normalized spacial score (nSPS) is 11.1. The zero-order chi connectivity index (χ0) is 30.0. The maximum atomic E-state index is 13.4. The van der Waals surface area contributed by atoms with Gasteiger partial charge >= 0.3 is 0 Å². The van der Waals surface area contributed by atoms with Gasteiger partial charge in [0.1, 0.15) is 18.1 Å². The molecule has 2 amide bonds. The van der Waals surface area contributed by atoms with Gasteiger partial charge in [0.15, 0.2) is 6.61 Å². The van der Waals surface area contributed by atoms with E-state index in [9.17, 15) is 28.1 Å². The number of hydrogen-bond donors (Lipinski definition) is 2. The molecule has 0 aliphatic carbocycles. The first-order valence-corrected chi connectivity index (χ1v) is 13.8. The van der Waals surface area contributed by atoms with Crippen molar-refractivity contribution < 1.29 is 32.1 Å². The molecule has 4 aromatic rings. The Morgan fingerprint density at radius 1 is 0.976 bits per heavy atom. The van der Waals surface area contributed by atoms with Crippen molar-refractivity contribution >= 4 is 39.4 Å². The Balaban J connectivity index is 1.36. The topological polar surface area (TPSA) is 173 Å². The number of hydrazone groups is 1. The maximum absolute atomic E-state index is 13.4. The zero-order valence-electron chi connectivity index (χ0n) is 22.0. The molecule has 0 radical (unpaired) electrons. The molecular weight excluding hydrogens is 566 g/mol. The summed E-state index contributed by atoms with van der Waals surface area (Å²) in [7, 11) is -4.25. The summed E-state index contributed by atoms with van der Waals surface area (Å²) in [4.78, 5) is 35.2. The highest BCUT2D eigenvalue weighted by Crippen LogP contribution is 2.26. The Hall–Kier alpha value is -5.50. The van der Waals surface area contributed by atoms with Gasteiger partial charge in [-0.3, -0.25) is 24.0 Å². The summed E-state index contributed by atoms with van der Waals surface area (Å²) in [5, 5.41) is 17.8. The number of rotatable bonds is 13. The number of anilines is 1. The molecule has 0 aliphatic heterocycles. The van der Waals surface area contributed by atoms with Gasteiger partial charge in [0.2, 0.25) is 0 Å². The number of benzene rings is 3. The quantitative estimate of drug-likeness (QED) is 0.135. The molecule has 42 heavy (non-hydrogen) atoms. The van der Waals surface area contributed by atoms with E-state index in [1.54, 1.807) is 42.5 Å². The van der Waals surface area contributed by atoms with Crippen LogP contribution in [0.5, 0.6) is 5.75 Å². The van der Waals surface area contributed by atoms with E-state index in [0.29, 0.717) is 17.1 Å². The van der Waals surface area contributed by atoms with Crippen molar-refractivity contribution in [1.82, 2.24) is 10.7 Å². The molecule has 0 aliphatic rings. The van der Waals surface area contributed by atoms with Gasteiger partial charge in [-0.1, -0.05) is 24.3 Å². The highest BCUT2D eigenvalue weighted by molar-refractivity contribution is 7.92. The van der Waals surface area contributed by atoms with E-state index >= 15 is 0 Å². The van der Waals surface area contributed by atoms with Crippen LogP contribution in [0.1, 0.15) is 11.3 Å². The second kappa shape index (κ2) is 13.7. The summed E-state index contributed by atoms with van der Waals surface area (Å²) in [5.41, 5.74) is 2.46. The van der Waals surface area contributed by atoms with E-state index < -0.39 is 27.4 Å². The Morgan fingerprint density at radius 3 is 2.43 bits per heavy atom. The molecule has 3 aromatic carbocycles. The number of carbonyl (C=O) groups excluding carboxylic acids is 2. The summed E-state index contributed by atoms with van der Waals surface area (Å²) in [6.45, 7) is -0.640. The second-order valence-corrected chi connectivity index (χ2v) is 10.5. The first-order chi connectivity index (χ1) is 20.2. The van der Waals surface area contributed by atoms with E-state index in [2.05, 4.69) is 15.8 Å². The standard InChI is InChI=1S/C28H25N5O8S/c34-27(19-32(22-6-4-7-23(16-22)33(36)37)42(38,39)26-9-2-1-3-10-26)31-30-17-21-11-13-24(14-12-21)41-20-28(35)29-18-25-8-5-15-40-25/h1-17H,18-20H2,(H,29,35)(H,31,34)/b30-17-. The summed E-state index contributed by atoms with van der Waals surface area (Å²) in [5.74, 6) is -0.0531. The molecular formula is C28H25N5O8S. The molecule has 0 saturated heterocycles. The van der Waals surface area contributed by atoms with Crippen molar-refractivity contribution in [2.75, 3.05) is 17.5 Å². The van der Waals surface area contributed by atoms with Crippen LogP contribution in [0.4, 0.5) is 11.4 Å². The molecule has 2 N–H and O–H groups in total. The van der Waals surface area contributed by atoms with Crippen molar-refractivity contribution in [2.45, 2.75) is 11.4 Å². The summed E-state index contributed by atoms with van der Waals surface area (Å²) >= 11 is 0. The lowest BCUT2D eigenvalue weighted by Crippen LogP contribution is -2.39. The maximum Gasteiger partial charge on any atom is 0.271 e. The Bertz CT molecular complexity index is 1660. The van der Waals surface area contributed by atoms with Crippen molar-refractivity contribution in [3.8, 4) is 5.75 Å². The predicted octanol–water partition coefficient (Wildman–Crippen LogP) is 3.23. The summed E-state index contributed by atoms with van der Waals surface area (Å²) in [6.07, 6.45) is 2.85. The minimum absolute atomic E-state index is 0.0579. The second-order valence-electron chi connectivity index (χ2n) is 8.61. The number of nitro benzene ring substituents is 1. The molecule has 14 heteroatoms. The number of sulfonamides is 1. The van der Waals surface area contributed by atoms with E-state index in [1.165, 1.54) is 54.9 Å². The molecule has 13 nitrogen and oxygen atoms in total. The van der Waals surface area contributed by atoms with Crippen molar-refractivity contribution in [1.29, 1.82) is 0 Å². The number of carbonyl (C=O) groups is 2. The number of amides is 2. The SMILES string of the molecule is O=C(COc1ccc(/C=N\NC(=O)CN(c2cccc([N+](=O)[O-])c2)S(=O)(=O)c2ccccc2)cc1)NCc1ccco1. The first kappa shape index (κ1) is 29.5. The van der Waals surface area contributed by atoms with Crippen LogP contribution in [0.25, 0.3) is 0 Å². The number of nitro groups is 1. The van der Waals surface area contributed by atoms with Gasteiger partial charge in [0.05, 0.1) is 34.5 Å². The minimum atomic E-state index is -4.25. The lowest BCUT2D eigenvalue weighted by Gasteiger charge is -2.23. The number of non-ortho nitro benzene ring substituents is 1. The van der Waals surface area contributed by atoms with Crippen LogP contribution in [0.3, 0.4) is 0 Å². The van der Waals surface area contributed by atoms with Crippen LogP contribution in [0, 0.1) is 10.1 Å². The van der Waals surface area contributed by atoms with Crippen LogP contribution >= 0.6 is 0 Å². The van der Waals surface area contributed by atoms with Gasteiger partial charge < -0.3 is 14.5 Å². The van der Waals surface area contributed by atoms with Gasteiger partial charge in [-0.2, -0.15) is 5.10 Å². The molecule has 216 valence electrons. The fourth-order valence-electron chi connectivity index (χ4n) is 3.59. The third kappa shape index (κ3) is 8.02. The average Bonchev–Trinajstić information content (AvgIpc) is 3.53. The largest absolute Gasteiger partial charge is 0.484 e. The van der Waals surface area contributed by atoms with Crippen molar-refractivity contribution in [2.24, 2.45) is 5.10 Å². The molecule has 0 saturated carbocycles. The lowest BCUT2D eigenvalue weighted by molar-refractivity contribution is -0.384. The Kier molecular flexibility index (Phi) is 9.63. The number of furan rings is 1. The van der Waals surface area contributed by atoms with Gasteiger partial charge in [-0.05, 0) is 60.2 Å². The Morgan fingerprint density at radius 2 is 1.74 bits per heavy atom. The number of nitrogens with one attached hydrogen (secondary N) is 2. The summed E-state index contributed by atoms with van der Waals surface area (Å²) < 4.78 is 38.1. The molecule has 4 rings (SSSR count). The van der Waals surface area contributed by atoms with Crippen LogP contribution < -0.4 is 19.8 Å². The average molecular weight is 592 g/mol. The zero-order valence-corrected chi connectivity index (χ0v) is 22.8. The smallest absolute Gasteiger partial charge is 0.271 e. The third-order valence-corrected chi connectivity index (χ3v) is 7.43. The van der Waals surface area contributed by atoms with Crippen molar-refractivity contribution in [3.05, 3.63) is 119 Å². The molecule has 1 heterocycles. The fraction of sp³-hybridized carbons (Fsp3) is 0.107. The van der Waals surface area contributed by atoms with Crippen molar-refractivity contribution in [3.63, 3.8) is 0 Å². The van der Waals surface area contributed by atoms with Gasteiger partial charge in [-0.15, -0.1) is 0 Å². The van der Waals surface area contributed by atoms with E-state index in [4.69, 9.17) is 9.15 Å². The lowest BCUT2D eigenvalue weighted by atomic mass is 10.2. The molecule has 1 aromatic heterocycles. The highest BCUT2D eigenvalue weighted by atomic mass is 32.2. The van der Waals surface area contributed by atoms with Crippen LogP contribution in [0.15, 0.2) is 112 Å². The summed E-state index contributed by atoms with van der Waals surface area (Å²) in [6, 6.07) is 22.3. The van der Waals surface area contributed by atoms with E-state index in [-0.39, 0.29) is 35.3 Å². The minimum Gasteiger partial charge on any atom is -0.484 e. The monoisotopic (exact) mass is 591 g/mol. The molecule has 0 bridgehead atoms. The van der Waals surface area contributed by atoms with Gasteiger partial charge in [0.25, 0.3) is 27.5 Å². The van der Waals surface area contributed by atoms with Crippen LogP contribution in [-0.2, 0) is 26.2 Å². The molecule has 0 spiro atoms. The number of nitrogens with zero attached hydrogens (tertiary/aromatic N) is 3. The van der Waals surface area contributed by atoms with Crippen LogP contribution in [-0.4, -0.2) is 44.5 Å². The predicted molar refractivity (Wildman–Crippen MR) is 152 cm³/mol. The van der Waals surface area contributed by atoms with E-state index in [0.717, 1.165) is 10.4 Å². The molecule has 0 atom stereocenters. The first-order valence-electron chi connectivity index (χ1n) is 12.4. The molecule has 0 fully saturated rings. The fourth-order valence-corrected chi connectivity index (χ4v) is 5.02. The van der Waals surface area contributed by atoms with E-state index in [1.807, 2.05) is 0 Å². The van der Waals surface area contributed by atoms with Crippen LogP contribution in [0.2, 0.25) is 0 Å². The molecule has 0 unspecified atom stereocenters.